The summed E-state index contributed by atoms with van der Waals surface area (Å²) < 4.78 is 19.1. The van der Waals surface area contributed by atoms with Gasteiger partial charge >= 0.3 is 5.97 Å². The van der Waals surface area contributed by atoms with Gasteiger partial charge in [-0.2, -0.15) is 0 Å². The maximum Gasteiger partial charge on any atom is 0.312 e. The zero-order valence-corrected chi connectivity index (χ0v) is 12.6. The highest BCUT2D eigenvalue weighted by Crippen LogP contribution is 2.62. The molecule has 0 radical (unpaired) electrons. The number of halogens is 1. The first kappa shape index (κ1) is 14.2. The van der Waals surface area contributed by atoms with Gasteiger partial charge < -0.3 is 9.84 Å². The lowest BCUT2D eigenvalue weighted by atomic mass is 9.48. The number of rotatable bonds is 3. The largest absolute Gasteiger partial charge is 0.460 e. The van der Waals surface area contributed by atoms with E-state index in [9.17, 15) is 14.3 Å². The Morgan fingerprint density at radius 2 is 1.91 bits per heavy atom. The minimum absolute atomic E-state index is 0.0268. The molecule has 4 bridgehead atoms. The first-order chi connectivity index (χ1) is 10.5. The van der Waals surface area contributed by atoms with E-state index in [1.807, 2.05) is 0 Å². The fraction of sp³-hybridized carbons (Fsp3) is 0.611. The lowest BCUT2D eigenvalue weighted by molar-refractivity contribution is -0.197. The van der Waals surface area contributed by atoms with Gasteiger partial charge in [-0.3, -0.25) is 4.79 Å². The summed E-state index contributed by atoms with van der Waals surface area (Å²) >= 11 is 0. The van der Waals surface area contributed by atoms with Crippen LogP contribution in [0.2, 0.25) is 0 Å². The molecule has 22 heavy (non-hydrogen) atoms. The molecule has 0 aliphatic heterocycles. The maximum absolute atomic E-state index is 13.6. The molecule has 118 valence electrons. The highest BCUT2D eigenvalue weighted by molar-refractivity contribution is 5.77. The van der Waals surface area contributed by atoms with Gasteiger partial charge in [-0.1, -0.05) is 18.2 Å². The third kappa shape index (κ3) is 2.24. The fourth-order valence-electron chi connectivity index (χ4n) is 5.36. The summed E-state index contributed by atoms with van der Waals surface area (Å²) in [5, 5.41) is 10.7. The summed E-state index contributed by atoms with van der Waals surface area (Å²) in [7, 11) is 0. The van der Waals surface area contributed by atoms with Gasteiger partial charge in [0.2, 0.25) is 0 Å². The molecule has 0 saturated heterocycles. The van der Waals surface area contributed by atoms with Crippen molar-refractivity contribution >= 4 is 5.97 Å². The van der Waals surface area contributed by atoms with Crippen LogP contribution >= 0.6 is 0 Å². The van der Waals surface area contributed by atoms with E-state index in [1.54, 1.807) is 18.2 Å². The minimum atomic E-state index is -0.679. The Morgan fingerprint density at radius 1 is 1.23 bits per heavy atom. The van der Waals surface area contributed by atoms with Crippen LogP contribution in [0.3, 0.4) is 0 Å². The molecule has 1 N–H and O–H groups in total. The fourth-order valence-corrected chi connectivity index (χ4v) is 5.36. The van der Waals surface area contributed by atoms with Crippen LogP contribution in [-0.4, -0.2) is 16.7 Å². The topological polar surface area (TPSA) is 46.5 Å². The van der Waals surface area contributed by atoms with Crippen molar-refractivity contribution in [1.82, 2.24) is 0 Å². The smallest absolute Gasteiger partial charge is 0.312 e. The zero-order valence-electron chi connectivity index (χ0n) is 12.6. The van der Waals surface area contributed by atoms with E-state index in [0.717, 1.165) is 32.1 Å². The second kappa shape index (κ2) is 4.79. The van der Waals surface area contributed by atoms with Crippen LogP contribution in [0.1, 0.15) is 44.1 Å². The van der Waals surface area contributed by atoms with Gasteiger partial charge in [0.15, 0.2) is 0 Å². The zero-order chi connectivity index (χ0) is 15.4. The second-order valence-electron chi connectivity index (χ2n) is 7.63. The molecule has 0 aromatic heterocycles. The molecule has 5 rings (SSSR count). The number of hydrogen-bond acceptors (Lipinski definition) is 3. The molecule has 2 unspecified atom stereocenters. The highest BCUT2D eigenvalue weighted by atomic mass is 19.1. The lowest BCUT2D eigenvalue weighted by Crippen LogP contribution is -2.58. The standard InChI is InChI=1S/C18H21FO3/c19-15-4-2-1-3-14(15)10-22-16(20)17-6-12-5-13(7-17)9-18(21,8-12)11-17/h1-4,12-13,21H,5-11H2/t12-,13+,17?,18?. The van der Waals surface area contributed by atoms with Crippen LogP contribution in [0, 0.1) is 23.1 Å². The number of esters is 1. The summed E-state index contributed by atoms with van der Waals surface area (Å²) in [5.74, 6) is 0.280. The first-order valence-corrected chi connectivity index (χ1v) is 8.11. The predicted octanol–water partition coefficient (Wildman–Crippen LogP) is 3.20. The molecule has 0 amide bonds. The van der Waals surface area contributed by atoms with Gasteiger partial charge in [0.1, 0.15) is 12.4 Å². The summed E-state index contributed by atoms with van der Waals surface area (Å²) in [6, 6.07) is 6.36. The lowest BCUT2D eigenvalue weighted by Gasteiger charge is -2.58. The molecule has 0 heterocycles. The SMILES string of the molecule is O=C(OCc1ccccc1F)C12C[C@@H]3C[C@@H](CC(O)(C3)C1)C2. The van der Waals surface area contributed by atoms with Gasteiger partial charge in [0.05, 0.1) is 11.0 Å². The molecular weight excluding hydrogens is 283 g/mol. The van der Waals surface area contributed by atoms with E-state index in [1.165, 1.54) is 6.07 Å². The van der Waals surface area contributed by atoms with Gasteiger partial charge in [-0.15, -0.1) is 0 Å². The van der Waals surface area contributed by atoms with Crippen molar-refractivity contribution in [2.24, 2.45) is 17.3 Å². The number of benzene rings is 1. The number of carbonyl (C=O) groups is 1. The van der Waals surface area contributed by atoms with Gasteiger partial charge in [-0.05, 0) is 56.4 Å². The van der Waals surface area contributed by atoms with E-state index in [-0.39, 0.29) is 18.4 Å². The summed E-state index contributed by atoms with van der Waals surface area (Å²) in [5.41, 5.74) is -0.815. The molecule has 4 saturated carbocycles. The molecule has 4 atom stereocenters. The van der Waals surface area contributed by atoms with Crippen molar-refractivity contribution in [3.63, 3.8) is 0 Å². The average Bonchev–Trinajstić information content (AvgIpc) is 2.43. The van der Waals surface area contributed by atoms with Gasteiger partial charge in [0, 0.05) is 5.56 Å². The van der Waals surface area contributed by atoms with Crippen LogP contribution in [0.25, 0.3) is 0 Å². The van der Waals surface area contributed by atoms with Crippen molar-refractivity contribution in [2.75, 3.05) is 0 Å². The van der Waals surface area contributed by atoms with Crippen molar-refractivity contribution in [1.29, 1.82) is 0 Å². The van der Waals surface area contributed by atoms with Crippen LogP contribution < -0.4 is 0 Å². The first-order valence-electron chi connectivity index (χ1n) is 8.11. The number of hydrogen-bond donors (Lipinski definition) is 1. The second-order valence-corrected chi connectivity index (χ2v) is 7.63. The Morgan fingerprint density at radius 3 is 2.55 bits per heavy atom. The molecule has 1 aromatic rings. The Bertz CT molecular complexity index is 598. The molecule has 0 spiro atoms. The molecular formula is C18H21FO3. The van der Waals surface area contributed by atoms with E-state index < -0.39 is 11.0 Å². The maximum atomic E-state index is 13.6. The van der Waals surface area contributed by atoms with E-state index in [4.69, 9.17) is 4.74 Å². The molecule has 4 aliphatic carbocycles. The quantitative estimate of drug-likeness (QED) is 0.872. The van der Waals surface area contributed by atoms with Crippen LogP contribution in [0.15, 0.2) is 24.3 Å². The van der Waals surface area contributed by atoms with Crippen molar-refractivity contribution in [3.8, 4) is 0 Å². The molecule has 4 aliphatic rings. The summed E-state index contributed by atoms with van der Waals surface area (Å²) in [6.45, 7) is -0.0268. The van der Waals surface area contributed by atoms with Crippen molar-refractivity contribution in [3.05, 3.63) is 35.6 Å². The van der Waals surface area contributed by atoms with E-state index in [2.05, 4.69) is 0 Å². The Balaban J connectivity index is 1.50. The summed E-state index contributed by atoms with van der Waals surface area (Å²) in [6.07, 6.45) is 4.94. The Labute approximate surface area is 129 Å². The van der Waals surface area contributed by atoms with Crippen molar-refractivity contribution < 1.29 is 19.0 Å². The highest BCUT2D eigenvalue weighted by Gasteiger charge is 2.60. The number of aliphatic hydroxyl groups is 1. The Hall–Kier alpha value is -1.42. The minimum Gasteiger partial charge on any atom is -0.460 e. The molecule has 3 nitrogen and oxygen atoms in total. The third-order valence-corrected chi connectivity index (χ3v) is 5.78. The Kier molecular flexibility index (Phi) is 3.09. The van der Waals surface area contributed by atoms with Gasteiger partial charge in [0.25, 0.3) is 0 Å². The van der Waals surface area contributed by atoms with E-state index >= 15 is 0 Å². The monoisotopic (exact) mass is 304 g/mol. The molecule has 4 heteroatoms. The van der Waals surface area contributed by atoms with Crippen molar-refractivity contribution in [2.45, 2.75) is 50.7 Å². The average molecular weight is 304 g/mol. The summed E-state index contributed by atoms with van der Waals surface area (Å²) in [4.78, 5) is 12.7. The van der Waals surface area contributed by atoms with Crippen LogP contribution in [0.5, 0.6) is 0 Å². The number of ether oxygens (including phenoxy) is 1. The normalized spacial score (nSPS) is 39.0. The predicted molar refractivity (Wildman–Crippen MR) is 78.3 cm³/mol. The third-order valence-electron chi connectivity index (χ3n) is 5.78. The van der Waals surface area contributed by atoms with Crippen LogP contribution in [0.4, 0.5) is 4.39 Å². The van der Waals surface area contributed by atoms with Gasteiger partial charge in [-0.25, -0.2) is 4.39 Å². The van der Waals surface area contributed by atoms with Crippen LogP contribution in [-0.2, 0) is 16.1 Å². The molecule has 4 fully saturated rings. The number of carbonyl (C=O) groups excluding carboxylic acids is 1. The van der Waals surface area contributed by atoms with E-state index in [0.29, 0.717) is 23.8 Å². The molecule has 1 aromatic carbocycles.